The van der Waals surface area contributed by atoms with E-state index in [1.165, 1.54) is 12.1 Å². The molecule has 1 saturated heterocycles. The van der Waals surface area contributed by atoms with Crippen LogP contribution >= 0.6 is 0 Å². The van der Waals surface area contributed by atoms with E-state index >= 15 is 0 Å². The first-order chi connectivity index (χ1) is 17.3. The van der Waals surface area contributed by atoms with E-state index in [0.717, 1.165) is 11.6 Å². The van der Waals surface area contributed by atoms with Crippen LogP contribution in [0.5, 0.6) is 11.5 Å². The van der Waals surface area contributed by atoms with Gasteiger partial charge in [-0.05, 0) is 54.7 Å². The van der Waals surface area contributed by atoms with E-state index in [0.29, 0.717) is 49.7 Å². The van der Waals surface area contributed by atoms with Crippen molar-refractivity contribution in [3.8, 4) is 11.5 Å². The normalized spacial score (nSPS) is 17.1. The molecule has 5 nitrogen and oxygen atoms in total. The fourth-order valence-corrected chi connectivity index (χ4v) is 4.72. The van der Waals surface area contributed by atoms with Crippen LogP contribution < -0.4 is 9.47 Å². The summed E-state index contributed by atoms with van der Waals surface area (Å²) in [6, 6.07) is 18.1. The SMILES string of the molecule is CCOc1cc(C(c2ccccc2C(F)(F)F)N2CCCC2C(=O)O)ccc1OCc1ccccc1. The number of carbonyl (C=O) groups is 1. The molecule has 0 saturated carbocycles. The van der Waals surface area contributed by atoms with E-state index in [2.05, 4.69) is 0 Å². The van der Waals surface area contributed by atoms with Crippen molar-refractivity contribution in [2.75, 3.05) is 13.2 Å². The van der Waals surface area contributed by atoms with Crippen molar-refractivity contribution in [1.82, 2.24) is 4.90 Å². The number of hydrogen-bond acceptors (Lipinski definition) is 4. The molecule has 0 aliphatic carbocycles. The van der Waals surface area contributed by atoms with E-state index in [-0.39, 0.29) is 5.56 Å². The highest BCUT2D eigenvalue weighted by Crippen LogP contribution is 2.43. The summed E-state index contributed by atoms with van der Waals surface area (Å²) < 4.78 is 53.8. The Balaban J connectivity index is 1.78. The number of carboxylic acids is 1. The Kier molecular flexibility index (Phi) is 7.84. The number of rotatable bonds is 9. The molecular weight excluding hydrogens is 471 g/mol. The maximum atomic E-state index is 14.0. The molecule has 0 spiro atoms. The molecule has 2 unspecified atom stereocenters. The minimum Gasteiger partial charge on any atom is -0.490 e. The van der Waals surface area contributed by atoms with Crippen molar-refractivity contribution in [1.29, 1.82) is 0 Å². The molecule has 0 aromatic heterocycles. The van der Waals surface area contributed by atoms with E-state index in [9.17, 15) is 23.1 Å². The summed E-state index contributed by atoms with van der Waals surface area (Å²) in [5.74, 6) is -0.190. The standard InChI is InChI=1S/C28H28F3NO4/c1-2-35-25-17-20(14-15-24(25)36-18-19-9-4-3-5-10-19)26(32-16-8-13-23(32)27(33)34)21-11-6-7-12-22(21)28(29,30)31/h3-7,9-12,14-15,17,23,26H,2,8,13,16,18H2,1H3,(H,33,34). The van der Waals surface area contributed by atoms with Gasteiger partial charge in [0.15, 0.2) is 11.5 Å². The lowest BCUT2D eigenvalue weighted by atomic mass is 9.92. The number of ether oxygens (including phenoxy) is 2. The Morgan fingerprint density at radius 3 is 2.44 bits per heavy atom. The maximum absolute atomic E-state index is 14.0. The van der Waals surface area contributed by atoms with Gasteiger partial charge < -0.3 is 14.6 Å². The Bertz CT molecular complexity index is 1180. The molecule has 4 rings (SSSR count). The second kappa shape index (κ2) is 11.0. The predicted molar refractivity (Wildman–Crippen MR) is 129 cm³/mol. The Hall–Kier alpha value is -3.52. The quantitative estimate of drug-likeness (QED) is 0.373. The number of halogens is 3. The first-order valence-corrected chi connectivity index (χ1v) is 11.9. The van der Waals surface area contributed by atoms with E-state index in [4.69, 9.17) is 9.47 Å². The highest BCUT2D eigenvalue weighted by atomic mass is 19.4. The third-order valence-corrected chi connectivity index (χ3v) is 6.29. The van der Waals surface area contributed by atoms with Gasteiger partial charge in [0, 0.05) is 6.54 Å². The molecule has 2 atom stereocenters. The number of carboxylic acid groups (broad SMARTS) is 1. The van der Waals surface area contributed by atoms with Crippen LogP contribution in [-0.2, 0) is 17.6 Å². The molecule has 0 bridgehead atoms. The molecular formula is C28H28F3NO4. The lowest BCUT2D eigenvalue weighted by Crippen LogP contribution is -2.40. The fraction of sp³-hybridized carbons (Fsp3) is 0.321. The summed E-state index contributed by atoms with van der Waals surface area (Å²) in [5.41, 5.74) is 0.699. The fourth-order valence-electron chi connectivity index (χ4n) is 4.72. The Morgan fingerprint density at radius 2 is 1.75 bits per heavy atom. The van der Waals surface area contributed by atoms with Crippen LogP contribution in [0.25, 0.3) is 0 Å². The molecule has 3 aromatic rings. The topological polar surface area (TPSA) is 59.0 Å². The number of likely N-dealkylation sites (tertiary alicyclic amines) is 1. The molecule has 1 fully saturated rings. The number of benzene rings is 3. The molecule has 1 aliphatic rings. The molecule has 36 heavy (non-hydrogen) atoms. The van der Waals surface area contributed by atoms with Gasteiger partial charge in [0.25, 0.3) is 0 Å². The van der Waals surface area contributed by atoms with Crippen LogP contribution in [0.4, 0.5) is 13.2 Å². The first-order valence-electron chi connectivity index (χ1n) is 11.9. The van der Waals surface area contributed by atoms with Gasteiger partial charge in [0.1, 0.15) is 12.6 Å². The van der Waals surface area contributed by atoms with E-state index in [1.807, 2.05) is 37.3 Å². The molecule has 8 heteroatoms. The van der Waals surface area contributed by atoms with Gasteiger partial charge in [-0.3, -0.25) is 9.69 Å². The molecule has 190 valence electrons. The zero-order chi connectivity index (χ0) is 25.7. The second-order valence-corrected chi connectivity index (χ2v) is 8.64. The van der Waals surface area contributed by atoms with Crippen molar-refractivity contribution in [2.24, 2.45) is 0 Å². The number of nitrogens with zero attached hydrogens (tertiary/aromatic N) is 1. The minimum atomic E-state index is -4.59. The second-order valence-electron chi connectivity index (χ2n) is 8.64. The zero-order valence-electron chi connectivity index (χ0n) is 19.9. The zero-order valence-corrected chi connectivity index (χ0v) is 19.9. The molecule has 0 radical (unpaired) electrons. The highest BCUT2D eigenvalue weighted by Gasteiger charge is 2.41. The van der Waals surface area contributed by atoms with Crippen molar-refractivity contribution >= 4 is 5.97 Å². The largest absolute Gasteiger partial charge is 0.490 e. The van der Waals surface area contributed by atoms with Crippen LogP contribution in [0.15, 0.2) is 72.8 Å². The third-order valence-electron chi connectivity index (χ3n) is 6.29. The molecule has 1 heterocycles. The van der Waals surface area contributed by atoms with Crippen LogP contribution in [0.1, 0.15) is 48.1 Å². The van der Waals surface area contributed by atoms with E-state index < -0.39 is 29.8 Å². The molecule has 3 aromatic carbocycles. The average Bonchev–Trinajstić information content (AvgIpc) is 3.34. The van der Waals surface area contributed by atoms with Gasteiger partial charge >= 0.3 is 12.1 Å². The van der Waals surface area contributed by atoms with Crippen molar-refractivity contribution in [3.05, 3.63) is 95.1 Å². The molecule has 0 amide bonds. The van der Waals surface area contributed by atoms with Crippen LogP contribution in [0, 0.1) is 0 Å². The summed E-state index contributed by atoms with van der Waals surface area (Å²) in [6.45, 7) is 2.80. The lowest BCUT2D eigenvalue weighted by molar-refractivity contribution is -0.143. The number of hydrogen-bond donors (Lipinski definition) is 1. The van der Waals surface area contributed by atoms with Gasteiger partial charge in [0.2, 0.25) is 0 Å². The van der Waals surface area contributed by atoms with Gasteiger partial charge in [0.05, 0.1) is 18.2 Å². The summed E-state index contributed by atoms with van der Waals surface area (Å²) in [7, 11) is 0. The predicted octanol–water partition coefficient (Wildman–Crippen LogP) is 6.32. The van der Waals surface area contributed by atoms with Crippen molar-refractivity contribution in [2.45, 2.75) is 44.6 Å². The van der Waals surface area contributed by atoms with Gasteiger partial charge in [-0.2, -0.15) is 13.2 Å². The van der Waals surface area contributed by atoms with Gasteiger partial charge in [-0.25, -0.2) is 0 Å². The lowest BCUT2D eigenvalue weighted by Gasteiger charge is -2.33. The van der Waals surface area contributed by atoms with Gasteiger partial charge in [-0.1, -0.05) is 54.6 Å². The molecule has 1 N–H and O–H groups in total. The van der Waals surface area contributed by atoms with Crippen LogP contribution in [0.2, 0.25) is 0 Å². The summed E-state index contributed by atoms with van der Waals surface area (Å²) >= 11 is 0. The Labute approximate surface area is 208 Å². The minimum absolute atomic E-state index is 0.0125. The highest BCUT2D eigenvalue weighted by molar-refractivity contribution is 5.74. The van der Waals surface area contributed by atoms with Crippen molar-refractivity contribution in [3.63, 3.8) is 0 Å². The summed E-state index contributed by atoms with van der Waals surface area (Å²) in [5, 5.41) is 9.81. The monoisotopic (exact) mass is 499 g/mol. The van der Waals surface area contributed by atoms with Gasteiger partial charge in [-0.15, -0.1) is 0 Å². The number of alkyl halides is 3. The van der Waals surface area contributed by atoms with Crippen LogP contribution in [-0.4, -0.2) is 35.2 Å². The Morgan fingerprint density at radius 1 is 1.03 bits per heavy atom. The summed E-state index contributed by atoms with van der Waals surface area (Å²) in [6.07, 6.45) is -3.64. The third kappa shape index (κ3) is 5.65. The van der Waals surface area contributed by atoms with Crippen molar-refractivity contribution < 1.29 is 32.5 Å². The van der Waals surface area contributed by atoms with Crippen LogP contribution in [0.3, 0.4) is 0 Å². The maximum Gasteiger partial charge on any atom is 0.416 e. The first kappa shape index (κ1) is 25.6. The summed E-state index contributed by atoms with van der Waals surface area (Å²) in [4.78, 5) is 13.6. The number of aliphatic carboxylic acids is 1. The van der Waals surface area contributed by atoms with E-state index in [1.54, 1.807) is 29.2 Å². The smallest absolute Gasteiger partial charge is 0.416 e. The average molecular weight is 500 g/mol. The molecule has 1 aliphatic heterocycles.